The summed E-state index contributed by atoms with van der Waals surface area (Å²) in [5.41, 5.74) is 0. The first-order chi connectivity index (χ1) is 4.00. The Morgan fingerprint density at radius 2 is 1.00 bits per heavy atom. The van der Waals surface area contributed by atoms with Crippen LogP contribution in [0.3, 0.4) is 0 Å². The van der Waals surface area contributed by atoms with E-state index < -0.39 is 17.0 Å². The van der Waals surface area contributed by atoms with E-state index in [9.17, 15) is 13.0 Å². The van der Waals surface area contributed by atoms with Crippen LogP contribution in [-0.4, -0.2) is 40.9 Å². The highest BCUT2D eigenvalue weighted by Crippen LogP contribution is 2.28. The van der Waals surface area contributed by atoms with Crippen LogP contribution < -0.4 is 0 Å². The highest BCUT2D eigenvalue weighted by atomic mass is 32.2. The monoisotopic (exact) mass is 186 g/mol. The Balaban J connectivity index is 0. The molecule has 0 saturated heterocycles. The largest absolute Gasteiger partial charge is 0.324 e. The van der Waals surface area contributed by atoms with Gasteiger partial charge in [0.05, 0.1) is 7.14 Å². The van der Waals surface area contributed by atoms with E-state index in [1.165, 1.54) is 0 Å². The van der Waals surface area contributed by atoms with E-state index in [0.29, 0.717) is 0 Å². The van der Waals surface area contributed by atoms with Gasteiger partial charge in [-0.05, 0) is 20.0 Å². The Morgan fingerprint density at radius 1 is 1.00 bits per heavy atom. The Labute approximate surface area is 63.1 Å². The molecular formula is C5H15O3PS. The quantitative estimate of drug-likeness (QED) is 0.528. The maximum atomic E-state index is 10.2. The predicted octanol–water partition coefficient (Wildman–Crippen LogP) is 0.900. The third kappa shape index (κ3) is 13000. The zero-order chi connectivity index (χ0) is 9.00. The van der Waals surface area contributed by atoms with Crippen LogP contribution in [0.4, 0.5) is 0 Å². The summed E-state index contributed by atoms with van der Waals surface area (Å²) in [6, 6.07) is 0. The van der Waals surface area contributed by atoms with Gasteiger partial charge in [0.2, 0.25) is 0 Å². The lowest BCUT2D eigenvalue weighted by atomic mass is 11.9. The maximum absolute atomic E-state index is 10.2. The zero-order valence-corrected chi connectivity index (χ0v) is 8.79. The van der Waals surface area contributed by atoms with Crippen LogP contribution in [0.25, 0.3) is 0 Å². The second kappa shape index (κ2) is 4.14. The molecule has 0 aliphatic rings. The fourth-order valence-electron chi connectivity index (χ4n) is 0. The molecule has 10 heavy (non-hydrogen) atoms. The van der Waals surface area contributed by atoms with Crippen molar-refractivity contribution in [1.82, 2.24) is 0 Å². The van der Waals surface area contributed by atoms with Crippen LogP contribution in [-0.2, 0) is 14.4 Å². The molecular weight excluding hydrogens is 171 g/mol. The van der Waals surface area contributed by atoms with Crippen molar-refractivity contribution in [1.29, 1.82) is 0 Å². The summed E-state index contributed by atoms with van der Waals surface area (Å²) in [6.07, 6.45) is 2.32. The van der Waals surface area contributed by atoms with E-state index >= 15 is 0 Å². The van der Waals surface area contributed by atoms with Gasteiger partial charge < -0.3 is 4.57 Å². The Morgan fingerprint density at radius 3 is 1.00 bits per heavy atom. The molecule has 0 atom stereocenters. The van der Waals surface area contributed by atoms with Crippen molar-refractivity contribution in [3.63, 3.8) is 0 Å². The second-order valence-corrected chi connectivity index (χ2v) is 9.10. The van der Waals surface area contributed by atoms with E-state index in [1.807, 2.05) is 0 Å². The Bertz CT molecular complexity index is 195. The fourth-order valence-corrected chi connectivity index (χ4v) is 0. The van der Waals surface area contributed by atoms with Crippen LogP contribution in [0.5, 0.6) is 0 Å². The third-order valence-corrected chi connectivity index (χ3v) is 0. The van der Waals surface area contributed by atoms with Gasteiger partial charge in [-0.15, -0.1) is 0 Å². The van der Waals surface area contributed by atoms with Gasteiger partial charge in [0.25, 0.3) is 0 Å². The first-order valence-corrected chi connectivity index (χ1v) is 8.02. The summed E-state index contributed by atoms with van der Waals surface area (Å²) in [4.78, 5) is 0. The molecule has 0 aliphatic heterocycles. The number of hydrogen-bond donors (Lipinski definition) is 0. The summed E-state index contributed by atoms with van der Waals surface area (Å²) in [6.45, 7) is 5.23. The van der Waals surface area contributed by atoms with Crippen LogP contribution in [0.15, 0.2) is 0 Å². The highest BCUT2D eigenvalue weighted by molar-refractivity contribution is 7.89. The Hall–Kier alpha value is 0.180. The van der Waals surface area contributed by atoms with E-state index in [4.69, 9.17) is 0 Å². The molecule has 0 aromatic carbocycles. The molecule has 0 aliphatic carbocycles. The van der Waals surface area contributed by atoms with Crippen LogP contribution in [0.2, 0.25) is 0 Å². The third-order valence-electron chi connectivity index (χ3n) is 0. The van der Waals surface area contributed by atoms with Gasteiger partial charge in [-0.1, -0.05) is 0 Å². The molecule has 0 rings (SSSR count). The highest BCUT2D eigenvalue weighted by Gasteiger charge is 1.89. The molecule has 0 bridgehead atoms. The molecule has 5 heteroatoms. The van der Waals surface area contributed by atoms with Crippen LogP contribution in [0.1, 0.15) is 0 Å². The van der Waals surface area contributed by atoms with E-state index in [0.717, 1.165) is 12.5 Å². The molecule has 0 saturated carbocycles. The standard InChI is InChI=1S/C3H9OP.C2H6O2S/c2*1-5(2,3)4/h1-3H3;1-2H3. The molecule has 0 spiro atoms. The van der Waals surface area contributed by atoms with Crippen LogP contribution >= 0.6 is 7.14 Å². The molecule has 64 valence electrons. The lowest BCUT2D eigenvalue weighted by Gasteiger charge is -1.86. The molecule has 0 aromatic rings. The average molecular weight is 186 g/mol. The van der Waals surface area contributed by atoms with E-state index in [1.54, 1.807) is 20.0 Å². The predicted molar refractivity (Wildman–Crippen MR) is 46.1 cm³/mol. The van der Waals surface area contributed by atoms with Gasteiger partial charge >= 0.3 is 0 Å². The number of sulfone groups is 1. The summed E-state index contributed by atoms with van der Waals surface area (Å²) in [5.74, 6) is 0. The molecule has 0 amide bonds. The molecule has 0 N–H and O–H groups in total. The van der Waals surface area contributed by atoms with Gasteiger partial charge in [0.1, 0.15) is 9.84 Å². The molecule has 0 aromatic heterocycles. The summed E-state index contributed by atoms with van der Waals surface area (Å²) < 4.78 is 29.5. The van der Waals surface area contributed by atoms with Crippen molar-refractivity contribution >= 4 is 17.0 Å². The van der Waals surface area contributed by atoms with E-state index in [2.05, 4.69) is 0 Å². The fraction of sp³-hybridized carbons (Fsp3) is 1.00. The molecule has 0 unspecified atom stereocenters. The normalized spacial score (nSPS) is 11.7. The molecule has 0 heterocycles. The minimum Gasteiger partial charge on any atom is -0.324 e. The van der Waals surface area contributed by atoms with Crippen molar-refractivity contribution in [3.05, 3.63) is 0 Å². The molecule has 0 radical (unpaired) electrons. The van der Waals surface area contributed by atoms with Gasteiger partial charge in [-0.25, -0.2) is 8.42 Å². The Kier molecular flexibility index (Phi) is 5.31. The van der Waals surface area contributed by atoms with E-state index in [-0.39, 0.29) is 0 Å². The van der Waals surface area contributed by atoms with Gasteiger partial charge in [-0.2, -0.15) is 0 Å². The van der Waals surface area contributed by atoms with Gasteiger partial charge in [0.15, 0.2) is 0 Å². The van der Waals surface area contributed by atoms with Crippen molar-refractivity contribution < 1.29 is 13.0 Å². The average Bonchev–Trinajstić information content (AvgIpc) is 1.12. The van der Waals surface area contributed by atoms with Gasteiger partial charge in [-0.3, -0.25) is 0 Å². The first kappa shape index (κ1) is 12.8. The summed E-state index contributed by atoms with van der Waals surface area (Å²) >= 11 is 0. The lowest BCUT2D eigenvalue weighted by Crippen LogP contribution is -1.86. The maximum Gasteiger partial charge on any atom is 0.144 e. The van der Waals surface area contributed by atoms with Crippen LogP contribution in [0, 0.1) is 0 Å². The van der Waals surface area contributed by atoms with Gasteiger partial charge in [0, 0.05) is 12.5 Å². The summed E-state index contributed by atoms with van der Waals surface area (Å²) in [5, 5.41) is 0. The topological polar surface area (TPSA) is 51.2 Å². The SMILES string of the molecule is CP(C)(C)=O.CS(C)(=O)=O. The summed E-state index contributed by atoms with van der Waals surface area (Å²) in [7, 11) is -4.31. The minimum absolute atomic E-state index is 1.16. The number of hydrogen-bond acceptors (Lipinski definition) is 3. The molecule has 0 fully saturated rings. The van der Waals surface area contributed by atoms with Crippen molar-refractivity contribution in [2.75, 3.05) is 32.5 Å². The van der Waals surface area contributed by atoms with Crippen molar-refractivity contribution in [2.45, 2.75) is 0 Å². The van der Waals surface area contributed by atoms with Crippen molar-refractivity contribution in [2.24, 2.45) is 0 Å². The van der Waals surface area contributed by atoms with Crippen molar-refractivity contribution in [3.8, 4) is 0 Å². The lowest BCUT2D eigenvalue weighted by molar-refractivity contribution is 0.586. The minimum atomic E-state index is -2.67. The molecule has 3 nitrogen and oxygen atoms in total. The number of rotatable bonds is 0. The zero-order valence-electron chi connectivity index (χ0n) is 7.08. The second-order valence-electron chi connectivity index (χ2n) is 3.03. The smallest absolute Gasteiger partial charge is 0.144 e. The first-order valence-electron chi connectivity index (χ1n) is 2.67.